The van der Waals surface area contributed by atoms with Crippen molar-refractivity contribution in [1.29, 1.82) is 0 Å². The van der Waals surface area contributed by atoms with Gasteiger partial charge in [0.1, 0.15) is 11.5 Å². The van der Waals surface area contributed by atoms with Crippen LogP contribution >= 0.6 is 0 Å². The zero-order valence-electron chi connectivity index (χ0n) is 18.2. The van der Waals surface area contributed by atoms with Gasteiger partial charge < -0.3 is 14.8 Å². The van der Waals surface area contributed by atoms with Crippen molar-refractivity contribution >= 4 is 0 Å². The molecule has 0 aliphatic carbocycles. The van der Waals surface area contributed by atoms with Crippen molar-refractivity contribution in [2.24, 2.45) is 5.92 Å². The van der Waals surface area contributed by atoms with Gasteiger partial charge >= 0.3 is 0 Å². The molecule has 0 radical (unpaired) electrons. The number of ether oxygens (including phenoxy) is 2. The largest absolute Gasteiger partial charge is 0.497 e. The summed E-state index contributed by atoms with van der Waals surface area (Å²) in [4.78, 5) is 0. The Balaban J connectivity index is 1.84. The molecule has 1 N–H and O–H groups in total. The first-order valence-electron chi connectivity index (χ1n) is 10.6. The molecule has 154 valence electrons. The van der Waals surface area contributed by atoms with Gasteiger partial charge in [0, 0.05) is 6.54 Å². The van der Waals surface area contributed by atoms with Crippen LogP contribution in [-0.4, -0.2) is 19.8 Å². The molecule has 2 aromatic carbocycles. The second-order valence-corrected chi connectivity index (χ2v) is 8.22. The Bertz CT molecular complexity index is 662. The van der Waals surface area contributed by atoms with E-state index in [0.29, 0.717) is 5.92 Å². The van der Waals surface area contributed by atoms with Gasteiger partial charge in [-0.3, -0.25) is 0 Å². The molecular formula is C25H37NO2. The monoisotopic (exact) mass is 383 g/mol. The van der Waals surface area contributed by atoms with E-state index in [1.807, 2.05) is 13.8 Å². The topological polar surface area (TPSA) is 30.5 Å². The number of rotatable bonds is 12. The number of benzene rings is 2. The molecule has 0 aliphatic rings. The van der Waals surface area contributed by atoms with Crippen LogP contribution in [-0.2, 0) is 6.54 Å². The van der Waals surface area contributed by atoms with Crippen LogP contribution in [0.2, 0.25) is 0 Å². The number of methoxy groups -OCH3 is 1. The molecule has 0 saturated heterocycles. The molecule has 0 amide bonds. The van der Waals surface area contributed by atoms with Crippen LogP contribution in [0, 0.1) is 5.92 Å². The maximum atomic E-state index is 5.71. The van der Waals surface area contributed by atoms with E-state index in [0.717, 1.165) is 36.9 Å². The van der Waals surface area contributed by atoms with E-state index in [9.17, 15) is 0 Å². The Hall–Kier alpha value is -2.00. The molecule has 0 saturated carbocycles. The SMILES string of the molecule is COc1ccc(C(CCNCc2ccc(OC(C)C)cc2)CCC(C)C)cc1. The fourth-order valence-electron chi connectivity index (χ4n) is 3.36. The van der Waals surface area contributed by atoms with Gasteiger partial charge in [-0.05, 0) is 80.5 Å². The lowest BCUT2D eigenvalue weighted by molar-refractivity contribution is 0.242. The van der Waals surface area contributed by atoms with Crippen LogP contribution in [0.4, 0.5) is 0 Å². The summed E-state index contributed by atoms with van der Waals surface area (Å²) in [7, 11) is 1.72. The highest BCUT2D eigenvalue weighted by molar-refractivity contribution is 5.29. The van der Waals surface area contributed by atoms with Crippen molar-refractivity contribution in [1.82, 2.24) is 5.32 Å². The second-order valence-electron chi connectivity index (χ2n) is 8.22. The lowest BCUT2D eigenvalue weighted by atomic mass is 9.88. The Morgan fingerprint density at radius 3 is 2.00 bits per heavy atom. The lowest BCUT2D eigenvalue weighted by Gasteiger charge is -2.19. The highest BCUT2D eigenvalue weighted by Gasteiger charge is 2.12. The maximum Gasteiger partial charge on any atom is 0.119 e. The molecule has 28 heavy (non-hydrogen) atoms. The number of hydrogen-bond donors (Lipinski definition) is 1. The molecule has 0 aliphatic heterocycles. The third-order valence-electron chi connectivity index (χ3n) is 4.97. The van der Waals surface area contributed by atoms with Crippen LogP contribution in [0.15, 0.2) is 48.5 Å². The molecule has 0 bridgehead atoms. The minimum atomic E-state index is 0.213. The van der Waals surface area contributed by atoms with Crippen LogP contribution in [0.3, 0.4) is 0 Å². The summed E-state index contributed by atoms with van der Waals surface area (Å²) >= 11 is 0. The molecule has 0 heterocycles. The first kappa shape index (κ1) is 22.3. The summed E-state index contributed by atoms with van der Waals surface area (Å²) < 4.78 is 11.0. The summed E-state index contributed by atoms with van der Waals surface area (Å²) in [5.74, 6) is 3.18. The van der Waals surface area contributed by atoms with Crippen molar-refractivity contribution in [3.8, 4) is 11.5 Å². The van der Waals surface area contributed by atoms with E-state index < -0.39 is 0 Å². The van der Waals surface area contributed by atoms with Crippen molar-refractivity contribution in [2.45, 2.75) is 65.5 Å². The molecular weight excluding hydrogens is 346 g/mol. The molecule has 2 aromatic rings. The summed E-state index contributed by atoms with van der Waals surface area (Å²) in [5, 5.41) is 3.61. The van der Waals surface area contributed by atoms with Gasteiger partial charge in [-0.25, -0.2) is 0 Å². The van der Waals surface area contributed by atoms with Crippen LogP contribution in [0.25, 0.3) is 0 Å². The molecule has 3 heteroatoms. The average Bonchev–Trinajstić information content (AvgIpc) is 2.68. The first-order chi connectivity index (χ1) is 13.5. The zero-order chi connectivity index (χ0) is 20.4. The molecule has 2 rings (SSSR count). The predicted molar refractivity (Wildman–Crippen MR) is 118 cm³/mol. The maximum absolute atomic E-state index is 5.71. The van der Waals surface area contributed by atoms with Gasteiger partial charge in [0.2, 0.25) is 0 Å². The van der Waals surface area contributed by atoms with Crippen molar-refractivity contribution < 1.29 is 9.47 Å². The molecule has 3 nitrogen and oxygen atoms in total. The van der Waals surface area contributed by atoms with E-state index in [1.54, 1.807) is 7.11 Å². The smallest absolute Gasteiger partial charge is 0.119 e. The van der Waals surface area contributed by atoms with Crippen LogP contribution < -0.4 is 14.8 Å². The third kappa shape index (κ3) is 7.93. The van der Waals surface area contributed by atoms with Gasteiger partial charge in [0.25, 0.3) is 0 Å². The molecule has 0 spiro atoms. The Morgan fingerprint density at radius 1 is 0.786 bits per heavy atom. The Labute approximate surface area is 171 Å². The van der Waals surface area contributed by atoms with E-state index >= 15 is 0 Å². The highest BCUT2D eigenvalue weighted by Crippen LogP contribution is 2.28. The van der Waals surface area contributed by atoms with Crippen LogP contribution in [0.5, 0.6) is 11.5 Å². The Kier molecular flexibility index (Phi) is 9.36. The number of hydrogen-bond acceptors (Lipinski definition) is 3. The van der Waals surface area contributed by atoms with Crippen molar-refractivity contribution in [2.75, 3.05) is 13.7 Å². The zero-order valence-corrected chi connectivity index (χ0v) is 18.2. The van der Waals surface area contributed by atoms with E-state index in [1.165, 1.54) is 24.0 Å². The molecule has 1 atom stereocenters. The predicted octanol–water partition coefficient (Wildman–Crippen LogP) is 6.18. The van der Waals surface area contributed by atoms with Gasteiger partial charge in [-0.1, -0.05) is 44.5 Å². The fourth-order valence-corrected chi connectivity index (χ4v) is 3.36. The van der Waals surface area contributed by atoms with Gasteiger partial charge in [-0.2, -0.15) is 0 Å². The minimum absolute atomic E-state index is 0.213. The van der Waals surface area contributed by atoms with Crippen molar-refractivity contribution in [3.05, 3.63) is 59.7 Å². The van der Waals surface area contributed by atoms with E-state index in [2.05, 4.69) is 67.7 Å². The van der Waals surface area contributed by atoms with Gasteiger partial charge in [0.05, 0.1) is 13.2 Å². The summed E-state index contributed by atoms with van der Waals surface area (Å²) in [6.07, 6.45) is 3.85. The second kappa shape index (κ2) is 11.8. The quantitative estimate of drug-likeness (QED) is 0.444. The normalized spacial score (nSPS) is 12.4. The highest BCUT2D eigenvalue weighted by atomic mass is 16.5. The number of nitrogens with one attached hydrogen (secondary N) is 1. The summed E-state index contributed by atoms with van der Waals surface area (Å²) in [6.45, 7) is 10.6. The molecule has 1 unspecified atom stereocenters. The average molecular weight is 384 g/mol. The van der Waals surface area contributed by atoms with Crippen molar-refractivity contribution in [3.63, 3.8) is 0 Å². The van der Waals surface area contributed by atoms with E-state index in [-0.39, 0.29) is 6.10 Å². The third-order valence-corrected chi connectivity index (χ3v) is 4.97. The molecule has 0 fully saturated rings. The van der Waals surface area contributed by atoms with Crippen LogP contribution in [0.1, 0.15) is 64.0 Å². The van der Waals surface area contributed by atoms with Gasteiger partial charge in [0.15, 0.2) is 0 Å². The first-order valence-corrected chi connectivity index (χ1v) is 10.6. The Morgan fingerprint density at radius 2 is 1.43 bits per heavy atom. The van der Waals surface area contributed by atoms with E-state index in [4.69, 9.17) is 9.47 Å². The minimum Gasteiger partial charge on any atom is -0.497 e. The summed E-state index contributed by atoms with van der Waals surface area (Å²) in [6, 6.07) is 17.0. The lowest BCUT2D eigenvalue weighted by Crippen LogP contribution is -2.17. The summed E-state index contributed by atoms with van der Waals surface area (Å²) in [5.41, 5.74) is 2.71. The molecule has 0 aromatic heterocycles. The fraction of sp³-hybridized carbons (Fsp3) is 0.520. The van der Waals surface area contributed by atoms with Gasteiger partial charge in [-0.15, -0.1) is 0 Å². The standard InChI is InChI=1S/C25H37NO2/c1-19(2)6-9-23(22-10-14-24(27-5)15-11-22)16-17-26-18-21-7-12-25(13-8-21)28-20(3)4/h7-8,10-15,19-20,23,26H,6,9,16-18H2,1-5H3.